The maximum absolute atomic E-state index is 13.0. The van der Waals surface area contributed by atoms with Gasteiger partial charge in [-0.1, -0.05) is 32.4 Å². The van der Waals surface area contributed by atoms with Crippen molar-refractivity contribution in [3.05, 3.63) is 35.6 Å². The zero-order valence-corrected chi connectivity index (χ0v) is 11.7. The van der Waals surface area contributed by atoms with Crippen LogP contribution in [0.5, 0.6) is 0 Å². The second-order valence-electron chi connectivity index (χ2n) is 5.11. The lowest BCUT2D eigenvalue weighted by molar-refractivity contribution is -0.130. The number of nitrogens with one attached hydrogen (secondary N) is 1. The van der Waals surface area contributed by atoms with Crippen molar-refractivity contribution in [2.75, 3.05) is 6.54 Å². The van der Waals surface area contributed by atoms with Gasteiger partial charge in [-0.25, -0.2) is 4.39 Å². The quantitative estimate of drug-likeness (QED) is 0.907. The number of halogens is 1. The lowest BCUT2D eigenvalue weighted by Gasteiger charge is -2.22. The molecule has 0 saturated carbocycles. The van der Waals surface area contributed by atoms with Crippen molar-refractivity contribution in [2.24, 2.45) is 5.92 Å². The molecule has 1 fully saturated rings. The molecule has 1 aromatic rings. The smallest absolute Gasteiger partial charge is 0.241 e. The molecule has 0 bridgehead atoms. The van der Waals surface area contributed by atoms with Crippen LogP contribution in [0.2, 0.25) is 0 Å². The number of carbonyl (C=O) groups excluding carboxylic acids is 1. The van der Waals surface area contributed by atoms with Crippen LogP contribution in [0.15, 0.2) is 24.3 Å². The first-order chi connectivity index (χ1) is 9.08. The number of rotatable bonds is 4. The Bertz CT molecular complexity index is 446. The van der Waals surface area contributed by atoms with Crippen molar-refractivity contribution in [2.45, 2.75) is 39.4 Å². The van der Waals surface area contributed by atoms with E-state index in [0.29, 0.717) is 12.5 Å². The van der Waals surface area contributed by atoms with Gasteiger partial charge in [0.15, 0.2) is 0 Å². The molecule has 1 saturated heterocycles. The van der Waals surface area contributed by atoms with Crippen molar-refractivity contribution in [1.29, 1.82) is 0 Å². The van der Waals surface area contributed by atoms with Gasteiger partial charge in [0.05, 0.1) is 6.04 Å². The summed E-state index contributed by atoms with van der Waals surface area (Å²) in [5.41, 5.74) is 0.933. The number of likely N-dealkylation sites (N-methyl/N-ethyl adjacent to an activating group) is 1. The molecule has 1 aliphatic rings. The van der Waals surface area contributed by atoms with E-state index in [0.717, 1.165) is 12.0 Å². The monoisotopic (exact) mass is 264 g/mol. The summed E-state index contributed by atoms with van der Waals surface area (Å²) in [6, 6.07) is 6.21. The molecule has 2 rings (SSSR count). The Morgan fingerprint density at radius 1 is 1.32 bits per heavy atom. The zero-order valence-electron chi connectivity index (χ0n) is 11.7. The Hall–Kier alpha value is -1.42. The van der Waals surface area contributed by atoms with E-state index < -0.39 is 0 Å². The molecule has 1 N–H and O–H groups in total. The van der Waals surface area contributed by atoms with Gasteiger partial charge in [0, 0.05) is 6.54 Å². The average Bonchev–Trinajstić information content (AvgIpc) is 2.75. The number of carbonyl (C=O) groups is 1. The average molecular weight is 264 g/mol. The fraction of sp³-hybridized carbons (Fsp3) is 0.533. The van der Waals surface area contributed by atoms with Gasteiger partial charge in [-0.15, -0.1) is 0 Å². The van der Waals surface area contributed by atoms with Crippen LogP contribution in [-0.4, -0.2) is 23.4 Å². The Morgan fingerprint density at radius 2 is 1.95 bits per heavy atom. The highest BCUT2D eigenvalue weighted by Gasteiger charge is 2.40. The third-order valence-electron chi connectivity index (χ3n) is 3.94. The molecule has 104 valence electrons. The largest absolute Gasteiger partial charge is 0.322 e. The Labute approximate surface area is 113 Å². The third kappa shape index (κ3) is 2.63. The van der Waals surface area contributed by atoms with Crippen LogP contribution in [0.3, 0.4) is 0 Å². The third-order valence-corrected chi connectivity index (χ3v) is 3.94. The lowest BCUT2D eigenvalue weighted by atomic mass is 9.99. The molecule has 19 heavy (non-hydrogen) atoms. The minimum Gasteiger partial charge on any atom is -0.322 e. The van der Waals surface area contributed by atoms with Crippen LogP contribution < -0.4 is 5.32 Å². The number of hydrogen-bond acceptors (Lipinski definition) is 2. The highest BCUT2D eigenvalue weighted by atomic mass is 19.1. The summed E-state index contributed by atoms with van der Waals surface area (Å²) in [6.45, 7) is 6.79. The number of amides is 1. The second-order valence-corrected chi connectivity index (χ2v) is 5.11. The Kier molecular flexibility index (Phi) is 4.20. The summed E-state index contributed by atoms with van der Waals surface area (Å²) >= 11 is 0. The predicted molar refractivity (Wildman–Crippen MR) is 72.9 cm³/mol. The second kappa shape index (κ2) is 5.70. The van der Waals surface area contributed by atoms with Gasteiger partial charge in [0.2, 0.25) is 5.91 Å². The lowest BCUT2D eigenvalue weighted by Crippen LogP contribution is -2.35. The molecule has 3 nitrogen and oxygen atoms in total. The number of benzene rings is 1. The minimum absolute atomic E-state index is 0.139. The fourth-order valence-electron chi connectivity index (χ4n) is 2.54. The molecule has 3 atom stereocenters. The molecule has 0 aliphatic carbocycles. The van der Waals surface area contributed by atoms with Gasteiger partial charge in [-0.3, -0.25) is 10.1 Å². The van der Waals surface area contributed by atoms with E-state index >= 15 is 0 Å². The van der Waals surface area contributed by atoms with E-state index in [4.69, 9.17) is 0 Å². The maximum atomic E-state index is 13.0. The van der Waals surface area contributed by atoms with E-state index in [2.05, 4.69) is 19.2 Å². The van der Waals surface area contributed by atoms with E-state index in [-0.39, 0.29) is 23.9 Å². The standard InChI is InChI=1S/C15H21FN2O/c1-4-10(3)13-15(19)18(5-2)14(17-13)11-6-8-12(16)9-7-11/h6-10,13-14,17H,4-5H2,1-3H3. The Balaban J connectivity index is 2.25. The van der Waals surface area contributed by atoms with Crippen molar-refractivity contribution >= 4 is 5.91 Å². The summed E-state index contributed by atoms with van der Waals surface area (Å²) in [5.74, 6) is 0.188. The van der Waals surface area contributed by atoms with Crippen LogP contribution in [0.25, 0.3) is 0 Å². The van der Waals surface area contributed by atoms with E-state index in [1.54, 1.807) is 12.1 Å². The van der Waals surface area contributed by atoms with Gasteiger partial charge >= 0.3 is 0 Å². The van der Waals surface area contributed by atoms with Crippen LogP contribution in [-0.2, 0) is 4.79 Å². The zero-order chi connectivity index (χ0) is 14.0. The molecule has 1 aliphatic heterocycles. The van der Waals surface area contributed by atoms with Gasteiger partial charge < -0.3 is 4.90 Å². The molecule has 0 radical (unpaired) electrons. The SMILES string of the molecule is CCC(C)C1NC(c2ccc(F)cc2)N(CC)C1=O. The molecule has 1 amide bonds. The normalized spacial score (nSPS) is 24.8. The van der Waals surface area contributed by atoms with Crippen molar-refractivity contribution < 1.29 is 9.18 Å². The Morgan fingerprint density at radius 3 is 2.47 bits per heavy atom. The van der Waals surface area contributed by atoms with E-state index in [1.165, 1.54) is 12.1 Å². The molecule has 4 heteroatoms. The summed E-state index contributed by atoms with van der Waals surface area (Å²) in [4.78, 5) is 14.2. The van der Waals surface area contributed by atoms with Gasteiger partial charge in [0.1, 0.15) is 12.0 Å². The summed E-state index contributed by atoms with van der Waals surface area (Å²) in [5, 5.41) is 3.38. The molecule has 0 spiro atoms. The van der Waals surface area contributed by atoms with Crippen LogP contribution in [0.1, 0.15) is 38.9 Å². The van der Waals surface area contributed by atoms with Gasteiger partial charge in [0.25, 0.3) is 0 Å². The molecule has 0 aromatic heterocycles. The topological polar surface area (TPSA) is 32.3 Å². The van der Waals surface area contributed by atoms with Gasteiger partial charge in [-0.2, -0.15) is 0 Å². The molecule has 1 aromatic carbocycles. The molecular weight excluding hydrogens is 243 g/mol. The van der Waals surface area contributed by atoms with Crippen molar-refractivity contribution in [1.82, 2.24) is 10.2 Å². The minimum atomic E-state index is -0.255. The highest BCUT2D eigenvalue weighted by Crippen LogP contribution is 2.28. The first-order valence-corrected chi connectivity index (χ1v) is 6.90. The number of hydrogen-bond donors (Lipinski definition) is 1. The van der Waals surface area contributed by atoms with E-state index in [1.807, 2.05) is 11.8 Å². The van der Waals surface area contributed by atoms with Crippen molar-refractivity contribution in [3.63, 3.8) is 0 Å². The first kappa shape index (κ1) is 14.0. The van der Waals surface area contributed by atoms with Crippen molar-refractivity contribution in [3.8, 4) is 0 Å². The summed E-state index contributed by atoms with van der Waals surface area (Å²) in [6.07, 6.45) is 0.814. The van der Waals surface area contributed by atoms with Crippen LogP contribution in [0, 0.1) is 11.7 Å². The first-order valence-electron chi connectivity index (χ1n) is 6.90. The predicted octanol–water partition coefficient (Wildman–Crippen LogP) is 2.69. The highest BCUT2D eigenvalue weighted by molar-refractivity contribution is 5.84. The molecular formula is C15H21FN2O. The summed E-state index contributed by atoms with van der Waals surface area (Å²) < 4.78 is 13.0. The van der Waals surface area contributed by atoms with Crippen LogP contribution in [0.4, 0.5) is 4.39 Å². The van der Waals surface area contributed by atoms with Crippen LogP contribution >= 0.6 is 0 Å². The summed E-state index contributed by atoms with van der Waals surface area (Å²) in [7, 11) is 0. The van der Waals surface area contributed by atoms with E-state index in [9.17, 15) is 9.18 Å². The molecule has 1 heterocycles. The van der Waals surface area contributed by atoms with Gasteiger partial charge in [-0.05, 0) is 30.5 Å². The number of nitrogens with zero attached hydrogens (tertiary/aromatic N) is 1. The molecule has 3 unspecified atom stereocenters. The fourth-order valence-corrected chi connectivity index (χ4v) is 2.54. The maximum Gasteiger partial charge on any atom is 0.241 e.